The fraction of sp³-hybridized carbons (Fsp3) is 0.318. The number of pyridine rings is 1. The van der Waals surface area contributed by atoms with Gasteiger partial charge in [0.1, 0.15) is 11.6 Å². The Kier molecular flexibility index (Phi) is 5.09. The van der Waals surface area contributed by atoms with E-state index < -0.39 is 11.7 Å². The number of rotatable bonds is 6. The Morgan fingerprint density at radius 2 is 1.97 bits per heavy atom. The normalized spacial score (nSPS) is 15.1. The van der Waals surface area contributed by atoms with Crippen molar-refractivity contribution in [3.8, 4) is 11.4 Å². The summed E-state index contributed by atoms with van der Waals surface area (Å²) in [5.41, 5.74) is 0.948. The highest BCUT2D eigenvalue weighted by molar-refractivity contribution is 5.56. The van der Waals surface area contributed by atoms with Gasteiger partial charge in [0.15, 0.2) is 0 Å². The number of benzene rings is 1. The summed E-state index contributed by atoms with van der Waals surface area (Å²) in [4.78, 5) is 23.2. The molecule has 1 saturated carbocycles. The summed E-state index contributed by atoms with van der Waals surface area (Å²) in [6.45, 7) is 2.43. The van der Waals surface area contributed by atoms with Gasteiger partial charge in [0, 0.05) is 35.5 Å². The number of hydrogen-bond acceptors (Lipinski definition) is 4. The van der Waals surface area contributed by atoms with Crippen molar-refractivity contribution in [2.75, 3.05) is 11.9 Å². The first-order valence-electron chi connectivity index (χ1n) is 9.77. The van der Waals surface area contributed by atoms with Gasteiger partial charge in [0.05, 0.1) is 5.56 Å². The van der Waals surface area contributed by atoms with E-state index in [2.05, 4.69) is 20.3 Å². The SMILES string of the molecule is CCc1cc(=O)[nH]c(-c2ccc(NCC3(c4cccc(C(F)(F)F)c4)CC3)nc2)n1. The van der Waals surface area contributed by atoms with E-state index in [-0.39, 0.29) is 11.0 Å². The van der Waals surface area contributed by atoms with Crippen molar-refractivity contribution < 1.29 is 13.2 Å². The van der Waals surface area contributed by atoms with Crippen LogP contribution in [-0.2, 0) is 18.0 Å². The Hall–Kier alpha value is -3.16. The predicted octanol–water partition coefficient (Wildman–Crippen LogP) is 4.56. The lowest BCUT2D eigenvalue weighted by molar-refractivity contribution is -0.137. The number of nitrogens with zero attached hydrogens (tertiary/aromatic N) is 2. The molecule has 0 radical (unpaired) electrons. The van der Waals surface area contributed by atoms with E-state index in [1.54, 1.807) is 24.4 Å². The largest absolute Gasteiger partial charge is 0.416 e. The summed E-state index contributed by atoms with van der Waals surface area (Å²) >= 11 is 0. The number of hydrogen-bond donors (Lipinski definition) is 2. The Morgan fingerprint density at radius 1 is 1.17 bits per heavy atom. The van der Waals surface area contributed by atoms with Crippen LogP contribution in [0.2, 0.25) is 0 Å². The number of alkyl halides is 3. The number of aromatic amines is 1. The molecule has 0 spiro atoms. The molecule has 4 rings (SSSR count). The molecule has 2 heterocycles. The van der Waals surface area contributed by atoms with Crippen LogP contribution in [0.15, 0.2) is 53.5 Å². The van der Waals surface area contributed by atoms with Gasteiger partial charge in [0.2, 0.25) is 0 Å². The molecule has 5 nitrogen and oxygen atoms in total. The van der Waals surface area contributed by atoms with Gasteiger partial charge in [-0.1, -0.05) is 25.1 Å². The van der Waals surface area contributed by atoms with Crippen molar-refractivity contribution in [2.24, 2.45) is 0 Å². The molecular formula is C22H21F3N4O. The molecule has 0 aliphatic heterocycles. The number of nitrogens with one attached hydrogen (secondary N) is 2. The monoisotopic (exact) mass is 414 g/mol. The Balaban J connectivity index is 1.47. The third-order valence-corrected chi connectivity index (χ3v) is 5.46. The minimum atomic E-state index is -4.35. The highest BCUT2D eigenvalue weighted by Crippen LogP contribution is 2.49. The number of anilines is 1. The second kappa shape index (κ2) is 7.59. The van der Waals surface area contributed by atoms with Gasteiger partial charge in [-0.3, -0.25) is 4.79 Å². The molecule has 30 heavy (non-hydrogen) atoms. The summed E-state index contributed by atoms with van der Waals surface area (Å²) < 4.78 is 39.1. The molecule has 1 aromatic carbocycles. The fourth-order valence-electron chi connectivity index (χ4n) is 3.47. The highest BCUT2D eigenvalue weighted by atomic mass is 19.4. The maximum Gasteiger partial charge on any atom is 0.416 e. The average molecular weight is 414 g/mol. The predicted molar refractivity (Wildman–Crippen MR) is 108 cm³/mol. The summed E-state index contributed by atoms with van der Waals surface area (Å²) in [5, 5.41) is 3.23. The number of aryl methyl sites for hydroxylation is 1. The van der Waals surface area contributed by atoms with Crippen LogP contribution >= 0.6 is 0 Å². The molecule has 0 amide bonds. The van der Waals surface area contributed by atoms with Gasteiger partial charge in [-0.25, -0.2) is 9.97 Å². The molecule has 0 atom stereocenters. The maximum atomic E-state index is 13.0. The van der Waals surface area contributed by atoms with Crippen molar-refractivity contribution in [3.05, 3.63) is 75.8 Å². The third kappa shape index (κ3) is 4.22. The first-order valence-corrected chi connectivity index (χ1v) is 9.77. The number of H-pyrrole nitrogens is 1. The number of aromatic nitrogens is 3. The van der Waals surface area contributed by atoms with Crippen molar-refractivity contribution >= 4 is 5.82 Å². The van der Waals surface area contributed by atoms with Crippen LogP contribution < -0.4 is 10.9 Å². The van der Waals surface area contributed by atoms with Crippen LogP contribution in [0.5, 0.6) is 0 Å². The summed E-state index contributed by atoms with van der Waals surface area (Å²) in [5.74, 6) is 1.08. The minimum Gasteiger partial charge on any atom is -0.369 e. The van der Waals surface area contributed by atoms with Gasteiger partial charge in [0.25, 0.3) is 5.56 Å². The van der Waals surface area contributed by atoms with Crippen LogP contribution in [0.1, 0.15) is 36.6 Å². The summed E-state index contributed by atoms with van der Waals surface area (Å²) in [6, 6.07) is 10.6. The standard InChI is InChI=1S/C22H21F3N4O/c1-2-17-11-19(30)29-20(28-17)14-6-7-18(26-12-14)27-13-21(8-9-21)15-4-3-5-16(10-15)22(23,24)25/h3-7,10-12H,2,8-9,13H2,1H3,(H,26,27)(H,28,29,30). The Labute approximate surface area is 171 Å². The zero-order valence-corrected chi connectivity index (χ0v) is 16.4. The fourth-order valence-corrected chi connectivity index (χ4v) is 3.47. The van der Waals surface area contributed by atoms with E-state index in [4.69, 9.17) is 0 Å². The molecule has 1 aliphatic rings. The lowest BCUT2D eigenvalue weighted by atomic mass is 9.94. The van der Waals surface area contributed by atoms with Gasteiger partial charge in [-0.2, -0.15) is 13.2 Å². The summed E-state index contributed by atoms with van der Waals surface area (Å²) in [7, 11) is 0. The molecule has 0 bridgehead atoms. The topological polar surface area (TPSA) is 70.7 Å². The van der Waals surface area contributed by atoms with Gasteiger partial charge < -0.3 is 10.3 Å². The molecule has 1 aliphatic carbocycles. The lowest BCUT2D eigenvalue weighted by Crippen LogP contribution is -2.21. The smallest absolute Gasteiger partial charge is 0.369 e. The first kappa shape index (κ1) is 20.1. The summed E-state index contributed by atoms with van der Waals surface area (Å²) in [6.07, 6.45) is -0.421. The molecule has 0 unspecified atom stereocenters. The molecule has 1 fully saturated rings. The molecule has 3 aromatic rings. The maximum absolute atomic E-state index is 13.0. The molecule has 2 aromatic heterocycles. The van der Waals surface area contributed by atoms with Crippen LogP contribution in [-0.4, -0.2) is 21.5 Å². The van der Waals surface area contributed by atoms with E-state index >= 15 is 0 Å². The molecule has 8 heteroatoms. The van der Waals surface area contributed by atoms with E-state index in [9.17, 15) is 18.0 Å². The Bertz CT molecular complexity index is 1100. The van der Waals surface area contributed by atoms with E-state index in [0.717, 1.165) is 18.9 Å². The highest BCUT2D eigenvalue weighted by Gasteiger charge is 2.45. The van der Waals surface area contributed by atoms with Crippen molar-refractivity contribution in [3.63, 3.8) is 0 Å². The van der Waals surface area contributed by atoms with Crippen molar-refractivity contribution in [2.45, 2.75) is 37.8 Å². The van der Waals surface area contributed by atoms with Gasteiger partial charge >= 0.3 is 6.18 Å². The van der Waals surface area contributed by atoms with E-state index in [1.807, 2.05) is 6.92 Å². The van der Waals surface area contributed by atoms with Gasteiger partial charge in [-0.15, -0.1) is 0 Å². The second-order valence-electron chi connectivity index (χ2n) is 7.58. The van der Waals surface area contributed by atoms with E-state index in [0.29, 0.717) is 41.4 Å². The van der Waals surface area contributed by atoms with Crippen molar-refractivity contribution in [1.82, 2.24) is 15.0 Å². The Morgan fingerprint density at radius 3 is 2.60 bits per heavy atom. The number of halogens is 3. The zero-order chi connectivity index (χ0) is 21.4. The second-order valence-corrected chi connectivity index (χ2v) is 7.58. The van der Waals surface area contributed by atoms with Gasteiger partial charge in [-0.05, 0) is 43.0 Å². The molecular weight excluding hydrogens is 393 g/mol. The molecule has 156 valence electrons. The zero-order valence-electron chi connectivity index (χ0n) is 16.4. The van der Waals surface area contributed by atoms with Crippen LogP contribution in [0, 0.1) is 0 Å². The molecule has 2 N–H and O–H groups in total. The average Bonchev–Trinajstić information content (AvgIpc) is 3.53. The van der Waals surface area contributed by atoms with Crippen LogP contribution in [0.25, 0.3) is 11.4 Å². The third-order valence-electron chi connectivity index (χ3n) is 5.46. The van der Waals surface area contributed by atoms with Crippen molar-refractivity contribution in [1.29, 1.82) is 0 Å². The lowest BCUT2D eigenvalue weighted by Gasteiger charge is -2.18. The van der Waals surface area contributed by atoms with E-state index in [1.165, 1.54) is 18.2 Å². The first-order chi connectivity index (χ1) is 14.3. The minimum absolute atomic E-state index is 0.212. The molecule has 0 saturated heterocycles. The van der Waals surface area contributed by atoms with Crippen LogP contribution in [0.4, 0.5) is 19.0 Å². The quantitative estimate of drug-likeness (QED) is 0.621. The van der Waals surface area contributed by atoms with Crippen LogP contribution in [0.3, 0.4) is 0 Å².